The van der Waals surface area contributed by atoms with Crippen molar-refractivity contribution < 1.29 is 33.4 Å². The smallest absolute Gasteiger partial charge is 0.379 e. The molecular weight excluding hydrogens is 523 g/mol. The van der Waals surface area contributed by atoms with Crippen LogP contribution < -0.4 is 0 Å². The minimum atomic E-state index is -1.04. The van der Waals surface area contributed by atoms with E-state index in [1.54, 1.807) is 57.2 Å². The standard InChI is InChI=1S/C29H29FN2O6S/c1-5-22-25(28(36)37-6-2)26(20-11-13-21(30)14-12-20)32-29(31-22)39-16-18-7-9-19(10-8-18)23(33)15-24(34)27(35)38-17(3)4/h7-15,17,33H,5-6,16H2,1-4H3/b23-15-. The second-order valence-corrected chi connectivity index (χ2v) is 9.53. The van der Waals surface area contributed by atoms with E-state index in [9.17, 15) is 23.9 Å². The molecule has 0 amide bonds. The van der Waals surface area contributed by atoms with Gasteiger partial charge in [0.15, 0.2) is 5.16 Å². The van der Waals surface area contributed by atoms with E-state index in [-0.39, 0.29) is 17.9 Å². The molecule has 2 aromatic carbocycles. The minimum Gasteiger partial charge on any atom is -0.507 e. The Bertz CT molecular complexity index is 1370. The average Bonchev–Trinajstić information content (AvgIpc) is 2.91. The van der Waals surface area contributed by atoms with Crippen LogP contribution in [0.4, 0.5) is 4.39 Å². The average molecular weight is 553 g/mol. The van der Waals surface area contributed by atoms with Crippen LogP contribution >= 0.6 is 11.8 Å². The number of carbonyl (C=O) groups is 3. The van der Waals surface area contributed by atoms with E-state index in [0.717, 1.165) is 11.6 Å². The van der Waals surface area contributed by atoms with Gasteiger partial charge in [-0.1, -0.05) is 43.0 Å². The first-order chi connectivity index (χ1) is 18.6. The molecule has 10 heteroatoms. The van der Waals surface area contributed by atoms with Gasteiger partial charge in [0, 0.05) is 23.0 Å². The van der Waals surface area contributed by atoms with Gasteiger partial charge in [-0.05, 0) is 57.0 Å². The van der Waals surface area contributed by atoms with Gasteiger partial charge in [0.25, 0.3) is 5.78 Å². The Morgan fingerprint density at radius 2 is 1.69 bits per heavy atom. The number of halogens is 1. The van der Waals surface area contributed by atoms with Crippen molar-refractivity contribution in [2.24, 2.45) is 0 Å². The Balaban J connectivity index is 1.82. The van der Waals surface area contributed by atoms with Crippen LogP contribution in [0.1, 0.15) is 54.9 Å². The number of aliphatic hydroxyl groups is 1. The van der Waals surface area contributed by atoms with E-state index in [0.29, 0.717) is 39.8 Å². The van der Waals surface area contributed by atoms with Gasteiger partial charge < -0.3 is 14.6 Å². The number of nitrogens with zero attached hydrogens (tertiary/aromatic N) is 2. The molecule has 0 radical (unpaired) electrons. The van der Waals surface area contributed by atoms with Crippen molar-refractivity contribution in [1.29, 1.82) is 0 Å². The molecule has 0 aliphatic heterocycles. The topological polar surface area (TPSA) is 116 Å². The number of benzene rings is 2. The lowest BCUT2D eigenvalue weighted by Crippen LogP contribution is -2.19. The van der Waals surface area contributed by atoms with Gasteiger partial charge in [-0.15, -0.1) is 0 Å². The zero-order chi connectivity index (χ0) is 28.5. The lowest BCUT2D eigenvalue weighted by molar-refractivity contribution is -0.154. The minimum absolute atomic E-state index is 0.193. The van der Waals surface area contributed by atoms with E-state index in [1.165, 1.54) is 23.9 Å². The Morgan fingerprint density at radius 3 is 2.28 bits per heavy atom. The monoisotopic (exact) mass is 552 g/mol. The summed E-state index contributed by atoms with van der Waals surface area (Å²) in [5, 5.41) is 10.7. The summed E-state index contributed by atoms with van der Waals surface area (Å²) in [6.07, 6.45) is 0.845. The van der Waals surface area contributed by atoms with Crippen LogP contribution in [-0.2, 0) is 31.2 Å². The van der Waals surface area contributed by atoms with Crippen molar-refractivity contribution in [3.05, 3.63) is 82.8 Å². The number of thioether (sulfide) groups is 1. The molecule has 0 aliphatic rings. The highest BCUT2D eigenvalue weighted by molar-refractivity contribution is 7.98. The third-order valence-corrected chi connectivity index (χ3v) is 6.24. The summed E-state index contributed by atoms with van der Waals surface area (Å²) in [4.78, 5) is 45.5. The molecule has 0 bridgehead atoms. The number of hydrogen-bond acceptors (Lipinski definition) is 9. The van der Waals surface area contributed by atoms with E-state index in [2.05, 4.69) is 9.97 Å². The van der Waals surface area contributed by atoms with Crippen molar-refractivity contribution in [2.75, 3.05) is 6.61 Å². The predicted octanol–water partition coefficient (Wildman–Crippen LogP) is 5.73. The number of carbonyl (C=O) groups excluding carboxylic acids is 3. The molecule has 1 N–H and O–H groups in total. The van der Waals surface area contributed by atoms with E-state index in [1.807, 2.05) is 6.92 Å². The quantitative estimate of drug-likeness (QED) is 0.0794. The number of aliphatic hydroxyl groups excluding tert-OH is 1. The Labute approximate surface area is 230 Å². The number of aryl methyl sites for hydroxylation is 1. The fourth-order valence-corrected chi connectivity index (χ4v) is 4.32. The van der Waals surface area contributed by atoms with Gasteiger partial charge in [0.1, 0.15) is 17.1 Å². The summed E-state index contributed by atoms with van der Waals surface area (Å²) < 4.78 is 23.6. The van der Waals surface area contributed by atoms with Gasteiger partial charge >= 0.3 is 11.9 Å². The first-order valence-electron chi connectivity index (χ1n) is 12.3. The number of aromatic nitrogens is 2. The summed E-state index contributed by atoms with van der Waals surface area (Å²) in [6.45, 7) is 7.03. The van der Waals surface area contributed by atoms with Gasteiger partial charge in [-0.25, -0.2) is 23.9 Å². The lowest BCUT2D eigenvalue weighted by atomic mass is 10.0. The van der Waals surface area contributed by atoms with Crippen molar-refractivity contribution >= 4 is 35.2 Å². The van der Waals surface area contributed by atoms with Crippen molar-refractivity contribution in [3.8, 4) is 11.3 Å². The molecule has 0 fully saturated rings. The highest BCUT2D eigenvalue weighted by Gasteiger charge is 2.23. The van der Waals surface area contributed by atoms with Crippen LogP contribution in [0.15, 0.2) is 59.8 Å². The molecule has 3 aromatic rings. The SMILES string of the molecule is CCOC(=O)c1c(CC)nc(SCc2ccc(/C(O)=C/C(=O)C(=O)OC(C)C)cc2)nc1-c1ccc(F)cc1. The van der Waals surface area contributed by atoms with Crippen molar-refractivity contribution in [3.63, 3.8) is 0 Å². The largest absolute Gasteiger partial charge is 0.507 e. The zero-order valence-corrected chi connectivity index (χ0v) is 22.9. The molecule has 0 unspecified atom stereocenters. The number of hydrogen-bond donors (Lipinski definition) is 1. The Hall–Kier alpha value is -4.05. The van der Waals surface area contributed by atoms with Crippen LogP contribution in [0.2, 0.25) is 0 Å². The molecule has 0 aliphatic carbocycles. The van der Waals surface area contributed by atoms with Crippen LogP contribution in [0.25, 0.3) is 17.0 Å². The molecule has 3 rings (SSSR count). The normalized spacial score (nSPS) is 11.4. The number of ketones is 1. The van der Waals surface area contributed by atoms with Crippen LogP contribution in [-0.4, -0.2) is 45.5 Å². The molecule has 39 heavy (non-hydrogen) atoms. The van der Waals surface area contributed by atoms with E-state index in [4.69, 9.17) is 9.47 Å². The molecule has 0 saturated carbocycles. The second kappa shape index (κ2) is 13.7. The second-order valence-electron chi connectivity index (χ2n) is 8.59. The summed E-state index contributed by atoms with van der Waals surface area (Å²) >= 11 is 1.34. The van der Waals surface area contributed by atoms with Gasteiger partial charge in [-0.3, -0.25) is 4.79 Å². The first kappa shape index (κ1) is 29.5. The summed E-state index contributed by atoms with van der Waals surface area (Å²) in [5.74, 6) is -2.81. The van der Waals surface area contributed by atoms with Crippen LogP contribution in [0, 0.1) is 5.82 Å². The molecule has 8 nitrogen and oxygen atoms in total. The van der Waals surface area contributed by atoms with Gasteiger partial charge in [0.2, 0.25) is 0 Å². The predicted molar refractivity (Wildman–Crippen MR) is 146 cm³/mol. The van der Waals surface area contributed by atoms with Crippen LogP contribution in [0.5, 0.6) is 0 Å². The fourth-order valence-electron chi connectivity index (χ4n) is 3.50. The molecule has 1 aromatic heterocycles. The first-order valence-corrected chi connectivity index (χ1v) is 13.3. The molecular formula is C29H29FN2O6S. The molecule has 0 atom stereocenters. The number of ether oxygens (including phenoxy) is 2. The molecule has 0 saturated heterocycles. The van der Waals surface area contributed by atoms with Gasteiger partial charge in [-0.2, -0.15) is 0 Å². The number of rotatable bonds is 11. The van der Waals surface area contributed by atoms with Crippen LogP contribution in [0.3, 0.4) is 0 Å². The van der Waals surface area contributed by atoms with E-state index >= 15 is 0 Å². The Kier molecular flexibility index (Phi) is 10.3. The third-order valence-electron chi connectivity index (χ3n) is 5.32. The van der Waals surface area contributed by atoms with E-state index < -0.39 is 29.6 Å². The number of esters is 2. The fraction of sp³-hybridized carbons (Fsp3) is 0.276. The summed E-state index contributed by atoms with van der Waals surface area (Å²) in [5.41, 5.74) is 2.95. The maximum atomic E-state index is 13.6. The summed E-state index contributed by atoms with van der Waals surface area (Å²) in [7, 11) is 0. The van der Waals surface area contributed by atoms with Gasteiger partial charge in [0.05, 0.1) is 24.1 Å². The highest BCUT2D eigenvalue weighted by atomic mass is 32.2. The third kappa shape index (κ3) is 7.97. The zero-order valence-electron chi connectivity index (χ0n) is 22.1. The van der Waals surface area contributed by atoms with Crippen molar-refractivity contribution in [2.45, 2.75) is 51.1 Å². The van der Waals surface area contributed by atoms with Crippen molar-refractivity contribution in [1.82, 2.24) is 9.97 Å². The molecule has 204 valence electrons. The maximum absolute atomic E-state index is 13.6. The highest BCUT2D eigenvalue weighted by Crippen LogP contribution is 2.29. The summed E-state index contributed by atoms with van der Waals surface area (Å²) in [6, 6.07) is 12.5. The maximum Gasteiger partial charge on any atom is 0.379 e. The molecule has 1 heterocycles. The lowest BCUT2D eigenvalue weighted by Gasteiger charge is -2.14. The Morgan fingerprint density at radius 1 is 1.03 bits per heavy atom. The molecule has 0 spiro atoms.